The molecular weight excluding hydrogens is 633 g/mol. The number of fused-ring (bicyclic) bond motifs is 4. The van der Waals surface area contributed by atoms with Crippen molar-refractivity contribution in [1.82, 2.24) is 14.1 Å². The Morgan fingerprint density at radius 3 is 1.98 bits per heavy atom. The van der Waals surface area contributed by atoms with Gasteiger partial charge < -0.3 is 0 Å². The number of nitrogens with zero attached hydrogens (tertiary/aromatic N) is 4. The molecule has 0 spiro atoms. The van der Waals surface area contributed by atoms with Crippen LogP contribution in [0.15, 0.2) is 134 Å². The number of aromatic nitrogens is 4. The van der Waals surface area contributed by atoms with Crippen LogP contribution in [0.2, 0.25) is 0 Å². The standard InChI is InChI=1S/C48H49N4/c1-31(2)38-18-14-19-39(32(3)4)47(38)34-25-26-49-46(27-34)52-42-20-10-9-17-40(42)41-24-23-36(29-45(41)52)48(7,8)35-15-13-16-37(28-35)51-30-50(33(5)6)43-21-11-12-22-44(43)51/h9-33H,1-8H3/q+1. The van der Waals surface area contributed by atoms with Gasteiger partial charge in [-0.25, -0.2) is 9.55 Å². The Hall–Kier alpha value is -5.48. The third-order valence-electron chi connectivity index (χ3n) is 11.1. The van der Waals surface area contributed by atoms with Crippen LogP contribution in [-0.2, 0) is 5.41 Å². The van der Waals surface area contributed by atoms with Crippen molar-refractivity contribution in [2.45, 2.75) is 78.7 Å². The summed E-state index contributed by atoms with van der Waals surface area (Å²) in [7, 11) is 0. The average Bonchev–Trinajstić information content (AvgIpc) is 3.71. The Morgan fingerprint density at radius 2 is 1.25 bits per heavy atom. The summed E-state index contributed by atoms with van der Waals surface area (Å²) in [5.74, 6) is 1.76. The fraction of sp³-hybridized carbons (Fsp3) is 0.250. The number of imidazole rings is 1. The largest absolute Gasteiger partial charge is 0.294 e. The highest BCUT2D eigenvalue weighted by Gasteiger charge is 2.27. The number of rotatable bonds is 8. The molecule has 0 unspecified atom stereocenters. The van der Waals surface area contributed by atoms with E-state index in [9.17, 15) is 0 Å². The van der Waals surface area contributed by atoms with Crippen molar-refractivity contribution < 1.29 is 4.57 Å². The molecule has 8 aromatic rings. The number of hydrogen-bond donors (Lipinski definition) is 0. The zero-order chi connectivity index (χ0) is 36.3. The minimum Gasteiger partial charge on any atom is -0.294 e. The molecule has 3 heterocycles. The van der Waals surface area contributed by atoms with Crippen molar-refractivity contribution in [3.8, 4) is 22.6 Å². The predicted molar refractivity (Wildman–Crippen MR) is 218 cm³/mol. The van der Waals surface area contributed by atoms with Crippen LogP contribution >= 0.6 is 0 Å². The van der Waals surface area contributed by atoms with Gasteiger partial charge in [0.1, 0.15) is 11.5 Å². The van der Waals surface area contributed by atoms with E-state index in [-0.39, 0.29) is 5.41 Å². The first-order chi connectivity index (χ1) is 25.0. The molecule has 0 aliphatic rings. The van der Waals surface area contributed by atoms with E-state index in [1.807, 2.05) is 6.20 Å². The van der Waals surface area contributed by atoms with Crippen molar-refractivity contribution in [3.05, 3.63) is 156 Å². The van der Waals surface area contributed by atoms with Gasteiger partial charge in [0, 0.05) is 22.4 Å². The molecule has 0 saturated carbocycles. The molecule has 0 saturated heterocycles. The lowest BCUT2D eigenvalue weighted by molar-refractivity contribution is -0.691. The van der Waals surface area contributed by atoms with Crippen LogP contribution in [0.25, 0.3) is 55.5 Å². The zero-order valence-corrected chi connectivity index (χ0v) is 31.7. The molecule has 0 radical (unpaired) electrons. The maximum absolute atomic E-state index is 5.05. The summed E-state index contributed by atoms with van der Waals surface area (Å²) in [6.45, 7) is 18.3. The highest BCUT2D eigenvalue weighted by atomic mass is 15.1. The minimum absolute atomic E-state index is 0.264. The zero-order valence-electron chi connectivity index (χ0n) is 31.7. The second kappa shape index (κ2) is 12.9. The highest BCUT2D eigenvalue weighted by Crippen LogP contribution is 2.40. The molecule has 0 N–H and O–H groups in total. The van der Waals surface area contributed by atoms with Crippen molar-refractivity contribution in [2.24, 2.45) is 0 Å². The van der Waals surface area contributed by atoms with Gasteiger partial charge in [0.25, 0.3) is 0 Å². The molecule has 0 amide bonds. The van der Waals surface area contributed by atoms with E-state index < -0.39 is 0 Å². The third kappa shape index (κ3) is 5.53. The summed E-state index contributed by atoms with van der Waals surface area (Å²) in [4.78, 5) is 5.05. The van der Waals surface area contributed by atoms with E-state index in [2.05, 4.69) is 197 Å². The van der Waals surface area contributed by atoms with Gasteiger partial charge in [-0.05, 0) is 108 Å². The summed E-state index contributed by atoms with van der Waals surface area (Å²) in [6.07, 6.45) is 4.23. The SMILES string of the molecule is CC(C)c1cccc(C(C)C)c1-c1ccnc(-n2c3ccccc3c3ccc(C(C)(C)c4cccc(-n5c[n+](C(C)C)c6ccccc65)c4)cc32)c1. The van der Waals surface area contributed by atoms with Gasteiger partial charge in [0.05, 0.1) is 17.1 Å². The smallest absolute Gasteiger partial charge is 0.250 e. The Kier molecular flexibility index (Phi) is 8.37. The van der Waals surface area contributed by atoms with Crippen LogP contribution in [0.3, 0.4) is 0 Å². The fourth-order valence-electron chi connectivity index (χ4n) is 8.15. The number of para-hydroxylation sites is 3. The van der Waals surface area contributed by atoms with Crippen LogP contribution < -0.4 is 4.57 Å². The predicted octanol–water partition coefficient (Wildman–Crippen LogP) is 12.2. The molecule has 0 aliphatic heterocycles. The van der Waals surface area contributed by atoms with E-state index in [1.54, 1.807) is 0 Å². The normalized spacial score (nSPS) is 12.4. The van der Waals surface area contributed by atoms with Crippen molar-refractivity contribution in [3.63, 3.8) is 0 Å². The Balaban J connectivity index is 1.28. The second-order valence-electron chi connectivity index (χ2n) is 15.8. The number of hydrogen-bond acceptors (Lipinski definition) is 1. The van der Waals surface area contributed by atoms with Crippen LogP contribution in [-0.4, -0.2) is 14.1 Å². The van der Waals surface area contributed by atoms with Gasteiger partial charge in [-0.1, -0.05) is 114 Å². The minimum atomic E-state index is -0.264. The molecule has 3 aromatic heterocycles. The Labute approximate surface area is 308 Å². The van der Waals surface area contributed by atoms with Gasteiger partial charge in [0.2, 0.25) is 6.33 Å². The maximum atomic E-state index is 5.05. The molecule has 4 heteroatoms. The van der Waals surface area contributed by atoms with E-state index in [0.717, 1.165) is 5.82 Å². The summed E-state index contributed by atoms with van der Waals surface area (Å²) < 4.78 is 7.05. The number of pyridine rings is 1. The Bertz CT molecular complexity index is 2570. The van der Waals surface area contributed by atoms with Gasteiger partial charge in [-0.2, -0.15) is 4.57 Å². The Morgan fingerprint density at radius 1 is 0.596 bits per heavy atom. The molecule has 5 aromatic carbocycles. The van der Waals surface area contributed by atoms with Crippen LogP contribution in [0.1, 0.15) is 95.5 Å². The van der Waals surface area contributed by atoms with E-state index in [1.165, 1.54) is 71.9 Å². The summed E-state index contributed by atoms with van der Waals surface area (Å²) >= 11 is 0. The lowest BCUT2D eigenvalue weighted by atomic mass is 9.77. The number of benzene rings is 5. The molecule has 0 bridgehead atoms. The molecule has 0 aliphatic carbocycles. The lowest BCUT2D eigenvalue weighted by Gasteiger charge is -2.26. The lowest BCUT2D eigenvalue weighted by Crippen LogP contribution is -2.34. The monoisotopic (exact) mass is 681 g/mol. The van der Waals surface area contributed by atoms with Crippen molar-refractivity contribution in [2.75, 3.05) is 0 Å². The third-order valence-corrected chi connectivity index (χ3v) is 11.1. The fourth-order valence-corrected chi connectivity index (χ4v) is 8.15. The van der Waals surface area contributed by atoms with E-state index in [0.29, 0.717) is 17.9 Å². The van der Waals surface area contributed by atoms with Crippen LogP contribution in [0.5, 0.6) is 0 Å². The van der Waals surface area contributed by atoms with Crippen molar-refractivity contribution >= 4 is 32.8 Å². The average molecular weight is 682 g/mol. The van der Waals surface area contributed by atoms with Crippen molar-refractivity contribution in [1.29, 1.82) is 0 Å². The molecule has 260 valence electrons. The summed E-state index contributed by atoms with van der Waals surface area (Å²) in [5, 5.41) is 2.47. The quantitative estimate of drug-likeness (QED) is 0.147. The van der Waals surface area contributed by atoms with Crippen LogP contribution in [0.4, 0.5) is 0 Å². The summed E-state index contributed by atoms with van der Waals surface area (Å²) in [6, 6.07) is 45.1. The van der Waals surface area contributed by atoms with E-state index >= 15 is 0 Å². The first kappa shape index (κ1) is 33.7. The summed E-state index contributed by atoms with van der Waals surface area (Å²) in [5.41, 5.74) is 13.5. The van der Waals surface area contributed by atoms with Crippen LogP contribution in [0, 0.1) is 0 Å². The van der Waals surface area contributed by atoms with Gasteiger partial charge in [0.15, 0.2) is 11.0 Å². The molecular formula is C48H49N4+. The van der Waals surface area contributed by atoms with E-state index in [4.69, 9.17) is 4.98 Å². The molecule has 8 rings (SSSR count). The molecule has 0 fully saturated rings. The molecule has 4 nitrogen and oxygen atoms in total. The van der Waals surface area contributed by atoms with Gasteiger partial charge >= 0.3 is 0 Å². The molecule has 0 atom stereocenters. The van der Waals surface area contributed by atoms with Gasteiger partial charge in [-0.15, -0.1) is 0 Å². The topological polar surface area (TPSA) is 26.6 Å². The van der Waals surface area contributed by atoms with Gasteiger partial charge in [-0.3, -0.25) is 4.57 Å². The first-order valence-electron chi connectivity index (χ1n) is 18.8. The first-order valence-corrected chi connectivity index (χ1v) is 18.8. The molecule has 52 heavy (non-hydrogen) atoms. The maximum Gasteiger partial charge on any atom is 0.250 e. The second-order valence-corrected chi connectivity index (χ2v) is 15.8. The highest BCUT2D eigenvalue weighted by molar-refractivity contribution is 6.09.